The van der Waals surface area contributed by atoms with Crippen molar-refractivity contribution in [3.8, 4) is 12.1 Å². The van der Waals surface area contributed by atoms with E-state index in [4.69, 9.17) is 22.3 Å². The minimum absolute atomic E-state index is 0.690. The van der Waals surface area contributed by atoms with Crippen LogP contribution in [0.15, 0.2) is 29.4 Å². The van der Waals surface area contributed by atoms with Crippen LogP contribution in [0.25, 0.3) is 0 Å². The Morgan fingerprint density at radius 1 is 1.35 bits per heavy atom. The van der Waals surface area contributed by atoms with Gasteiger partial charge < -0.3 is 0 Å². The van der Waals surface area contributed by atoms with Crippen LogP contribution in [-0.2, 0) is 6.42 Å². The van der Waals surface area contributed by atoms with Crippen molar-refractivity contribution in [1.82, 2.24) is 0 Å². The van der Waals surface area contributed by atoms with Crippen LogP contribution in [-0.4, -0.2) is 6.21 Å². The summed E-state index contributed by atoms with van der Waals surface area (Å²) in [6.45, 7) is 2.07. The highest BCUT2D eigenvalue weighted by Gasteiger charge is 2.03. The molecular weight excluding hydrogens is 236 g/mol. The minimum Gasteiger partial charge on any atom is -0.196 e. The quantitative estimate of drug-likeness (QED) is 0.466. The predicted octanol–water partition coefficient (Wildman–Crippen LogP) is 2.86. The summed E-state index contributed by atoms with van der Waals surface area (Å²) in [4.78, 5) is 0. The third kappa shape index (κ3) is 3.79. The molecule has 0 heterocycles. The Balaban J connectivity index is 2.73. The molecule has 0 bridgehead atoms. The van der Waals surface area contributed by atoms with Gasteiger partial charge in [-0.3, -0.25) is 0 Å². The van der Waals surface area contributed by atoms with E-state index in [1.54, 1.807) is 12.1 Å². The first kappa shape index (κ1) is 13.0. The lowest BCUT2D eigenvalue weighted by molar-refractivity contribution is 1.11. The smallest absolute Gasteiger partial charge is 0.170 e. The molecule has 5 heteroatoms. The average Bonchev–Trinajstić information content (AvgIpc) is 2.39. The normalized spacial score (nSPS) is 10.2. The third-order valence-electron chi connectivity index (χ3n) is 2.15. The molecule has 1 aromatic carbocycles. The van der Waals surface area contributed by atoms with E-state index in [2.05, 4.69) is 12.0 Å². The molecule has 0 aromatic heterocycles. The van der Waals surface area contributed by atoms with Crippen molar-refractivity contribution in [3.05, 3.63) is 29.8 Å². The summed E-state index contributed by atoms with van der Waals surface area (Å²) in [5.74, 6) is -0.883. The van der Waals surface area contributed by atoms with Gasteiger partial charge in [0.1, 0.15) is 0 Å². The number of hydrogen-bond acceptors (Lipinski definition) is 4. The highest BCUT2D eigenvalue weighted by molar-refractivity contribution is 6.25. The molecule has 17 heavy (non-hydrogen) atoms. The van der Waals surface area contributed by atoms with Crippen molar-refractivity contribution >= 4 is 23.7 Å². The Morgan fingerprint density at radius 2 is 1.94 bits per heavy atom. The van der Waals surface area contributed by atoms with Crippen molar-refractivity contribution in [2.24, 2.45) is 11.0 Å². The number of hydrogen-bond donors (Lipinski definition) is 0. The molecule has 4 nitrogen and oxygen atoms in total. The molecule has 0 fully saturated rings. The highest BCUT2D eigenvalue weighted by atomic mass is 35.5. The Kier molecular flexibility index (Phi) is 5.00. The molecule has 0 saturated carbocycles. The van der Waals surface area contributed by atoms with Crippen molar-refractivity contribution in [2.45, 2.75) is 13.3 Å². The molecule has 0 saturated heterocycles. The fraction of sp³-hybridized carbons (Fsp3) is 0.250. The lowest BCUT2D eigenvalue weighted by atomic mass is 10.2. The molecule has 86 valence electrons. The number of nitriles is 2. The van der Waals surface area contributed by atoms with E-state index in [-0.39, 0.29) is 0 Å². The predicted molar refractivity (Wildman–Crippen MR) is 67.4 cm³/mol. The average molecular weight is 247 g/mol. The molecular formula is C12H11ClN4. The van der Waals surface area contributed by atoms with E-state index in [1.165, 1.54) is 11.8 Å². The molecule has 0 atom stereocenters. The van der Waals surface area contributed by atoms with E-state index in [9.17, 15) is 0 Å². The number of rotatable bonds is 4. The topological polar surface area (TPSA) is 63.2 Å². The molecule has 0 N–H and O–H groups in total. The molecule has 0 unspecified atom stereocenters. The van der Waals surface area contributed by atoms with Crippen LogP contribution in [0.2, 0.25) is 0 Å². The second kappa shape index (κ2) is 6.52. The molecule has 1 aromatic rings. The zero-order valence-corrected chi connectivity index (χ0v) is 10.1. The Hall–Kier alpha value is -2.04. The summed E-state index contributed by atoms with van der Waals surface area (Å²) in [5.41, 5.74) is 1.89. The standard InChI is InChI=1S/C12H11ClN4/c1-2-10-3-5-12(6-4-10)17(13)16-9-11(7-14)8-15/h3-6,9,11H,2H2,1H3. The fourth-order valence-electron chi connectivity index (χ4n) is 1.14. The van der Waals surface area contributed by atoms with Gasteiger partial charge in [0.15, 0.2) is 5.92 Å². The van der Waals surface area contributed by atoms with E-state index in [0.717, 1.165) is 10.9 Å². The van der Waals surface area contributed by atoms with E-state index in [0.29, 0.717) is 5.69 Å². The Labute approximate surface area is 105 Å². The van der Waals surface area contributed by atoms with Crippen LogP contribution >= 0.6 is 11.8 Å². The Bertz CT molecular complexity index is 453. The summed E-state index contributed by atoms with van der Waals surface area (Å²) in [6.07, 6.45) is 2.16. The van der Waals surface area contributed by atoms with Gasteiger partial charge in [-0.25, -0.2) is 0 Å². The molecule has 0 aliphatic rings. The number of aryl methyl sites for hydroxylation is 1. The van der Waals surface area contributed by atoms with Gasteiger partial charge in [-0.1, -0.05) is 19.1 Å². The van der Waals surface area contributed by atoms with Gasteiger partial charge in [-0.05, 0) is 24.1 Å². The SMILES string of the molecule is CCc1ccc(N(Cl)N=CC(C#N)C#N)cc1. The van der Waals surface area contributed by atoms with Gasteiger partial charge >= 0.3 is 0 Å². The van der Waals surface area contributed by atoms with Crippen molar-refractivity contribution < 1.29 is 0 Å². The van der Waals surface area contributed by atoms with Crippen molar-refractivity contribution in [1.29, 1.82) is 10.5 Å². The monoisotopic (exact) mass is 246 g/mol. The lowest BCUT2D eigenvalue weighted by Gasteiger charge is -2.09. The number of hydrazone groups is 1. The number of benzene rings is 1. The molecule has 0 amide bonds. The van der Waals surface area contributed by atoms with Crippen LogP contribution in [0.4, 0.5) is 5.69 Å². The van der Waals surface area contributed by atoms with Crippen molar-refractivity contribution in [3.63, 3.8) is 0 Å². The number of anilines is 1. The Morgan fingerprint density at radius 3 is 2.41 bits per heavy atom. The first-order chi connectivity index (χ1) is 8.21. The maximum absolute atomic E-state index is 8.55. The van der Waals surface area contributed by atoms with E-state index in [1.807, 2.05) is 24.3 Å². The van der Waals surface area contributed by atoms with Crippen LogP contribution < -0.4 is 4.53 Å². The van der Waals surface area contributed by atoms with Gasteiger partial charge in [-0.15, -0.1) is 0 Å². The zero-order chi connectivity index (χ0) is 12.7. The van der Waals surface area contributed by atoms with Gasteiger partial charge in [-0.2, -0.15) is 20.2 Å². The molecule has 0 aliphatic carbocycles. The third-order valence-corrected chi connectivity index (χ3v) is 2.44. The van der Waals surface area contributed by atoms with Gasteiger partial charge in [0.05, 0.1) is 24.0 Å². The molecule has 0 radical (unpaired) electrons. The lowest BCUT2D eigenvalue weighted by Crippen LogP contribution is -2.04. The van der Waals surface area contributed by atoms with Crippen LogP contribution in [0, 0.1) is 28.6 Å². The largest absolute Gasteiger partial charge is 0.196 e. The first-order valence-corrected chi connectivity index (χ1v) is 5.43. The molecule has 0 spiro atoms. The summed E-state index contributed by atoms with van der Waals surface area (Å²) in [7, 11) is 0. The minimum atomic E-state index is -0.883. The fourth-order valence-corrected chi connectivity index (χ4v) is 1.31. The summed E-state index contributed by atoms with van der Waals surface area (Å²) < 4.78 is 1.11. The molecule has 0 aliphatic heterocycles. The summed E-state index contributed by atoms with van der Waals surface area (Å²) >= 11 is 5.88. The maximum Gasteiger partial charge on any atom is 0.170 e. The number of nitrogens with zero attached hydrogens (tertiary/aromatic N) is 4. The maximum atomic E-state index is 8.55. The second-order valence-electron chi connectivity index (χ2n) is 3.28. The van der Waals surface area contributed by atoms with E-state index < -0.39 is 5.92 Å². The molecule has 1 rings (SSSR count). The van der Waals surface area contributed by atoms with Crippen LogP contribution in [0.1, 0.15) is 12.5 Å². The van der Waals surface area contributed by atoms with E-state index >= 15 is 0 Å². The van der Waals surface area contributed by atoms with Gasteiger partial charge in [0.25, 0.3) is 0 Å². The van der Waals surface area contributed by atoms with Crippen LogP contribution in [0.5, 0.6) is 0 Å². The zero-order valence-electron chi connectivity index (χ0n) is 9.34. The van der Waals surface area contributed by atoms with Gasteiger partial charge in [0, 0.05) is 11.8 Å². The van der Waals surface area contributed by atoms with Gasteiger partial charge in [0.2, 0.25) is 0 Å². The highest BCUT2D eigenvalue weighted by Crippen LogP contribution is 2.17. The van der Waals surface area contributed by atoms with Crippen LogP contribution in [0.3, 0.4) is 0 Å². The van der Waals surface area contributed by atoms with Crippen molar-refractivity contribution in [2.75, 3.05) is 4.53 Å². The summed E-state index contributed by atoms with van der Waals surface area (Å²) in [6, 6.07) is 11.1. The first-order valence-electron chi connectivity index (χ1n) is 5.09. The summed E-state index contributed by atoms with van der Waals surface area (Å²) in [5, 5.41) is 20.9. The second-order valence-corrected chi connectivity index (χ2v) is 3.60. The number of halogens is 1.